The van der Waals surface area contributed by atoms with Crippen LogP contribution in [0.4, 0.5) is 0 Å². The topological polar surface area (TPSA) is 78.7 Å². The number of rotatable bonds is 8. The summed E-state index contributed by atoms with van der Waals surface area (Å²) in [5.74, 6) is 1.45. The van der Waals surface area contributed by atoms with Gasteiger partial charge in [0.25, 0.3) is 5.91 Å². The van der Waals surface area contributed by atoms with Gasteiger partial charge in [-0.1, -0.05) is 12.1 Å². The Hall–Kier alpha value is -2.41. The van der Waals surface area contributed by atoms with Crippen LogP contribution < -0.4 is 16.0 Å². The Morgan fingerprint density at radius 1 is 1.24 bits per heavy atom. The molecule has 1 heterocycles. The molecule has 0 aliphatic heterocycles. The highest BCUT2D eigenvalue weighted by Crippen LogP contribution is 2.28. The lowest BCUT2D eigenvalue weighted by Gasteiger charge is -2.17. The summed E-state index contributed by atoms with van der Waals surface area (Å²) in [5, 5.41) is 10.5. The predicted octanol–water partition coefficient (Wildman–Crippen LogP) is 3.55. The first-order chi connectivity index (χ1) is 14.2. The second-order valence-corrected chi connectivity index (χ2v) is 8.31. The van der Waals surface area contributed by atoms with E-state index in [2.05, 4.69) is 29.1 Å². The number of aliphatic imine (C=N–C) groups is 1. The van der Waals surface area contributed by atoms with Gasteiger partial charge in [0.15, 0.2) is 5.96 Å². The van der Waals surface area contributed by atoms with E-state index < -0.39 is 0 Å². The first-order valence-electron chi connectivity index (χ1n) is 10.1. The maximum Gasteiger partial charge on any atom is 0.251 e. The molecular formula is C22H30N4O2S. The van der Waals surface area contributed by atoms with Crippen molar-refractivity contribution >= 4 is 23.6 Å². The summed E-state index contributed by atoms with van der Waals surface area (Å²) in [5.41, 5.74) is 1.63. The van der Waals surface area contributed by atoms with Gasteiger partial charge in [0, 0.05) is 23.4 Å². The van der Waals surface area contributed by atoms with Crippen LogP contribution in [0.3, 0.4) is 0 Å². The maximum atomic E-state index is 12.4. The zero-order chi connectivity index (χ0) is 20.5. The number of thioether (sulfide) groups is 1. The number of benzene rings is 1. The van der Waals surface area contributed by atoms with Gasteiger partial charge in [-0.15, -0.1) is 0 Å². The molecule has 2 unspecified atom stereocenters. The third-order valence-corrected chi connectivity index (χ3v) is 6.11. The van der Waals surface area contributed by atoms with Crippen LogP contribution in [0.25, 0.3) is 0 Å². The highest BCUT2D eigenvalue weighted by Gasteiger charge is 2.24. The molecule has 1 aliphatic rings. The first kappa shape index (κ1) is 21.3. The Morgan fingerprint density at radius 3 is 2.86 bits per heavy atom. The third kappa shape index (κ3) is 6.56. The molecular weight excluding hydrogens is 384 g/mol. The molecule has 6 nitrogen and oxygen atoms in total. The minimum absolute atomic E-state index is 0.119. The fourth-order valence-electron chi connectivity index (χ4n) is 3.46. The molecule has 1 aromatic heterocycles. The van der Waals surface area contributed by atoms with Crippen molar-refractivity contribution in [3.05, 3.63) is 59.5 Å². The van der Waals surface area contributed by atoms with Crippen LogP contribution in [0.2, 0.25) is 0 Å². The largest absolute Gasteiger partial charge is 0.467 e. The number of nitrogens with zero attached hydrogens (tertiary/aromatic N) is 1. The molecule has 7 heteroatoms. The molecule has 0 bridgehead atoms. The predicted molar refractivity (Wildman–Crippen MR) is 119 cm³/mol. The number of hydrogen-bond donors (Lipinski definition) is 3. The molecule has 0 radical (unpaired) electrons. The van der Waals surface area contributed by atoms with E-state index in [-0.39, 0.29) is 5.91 Å². The molecule has 2 atom stereocenters. The summed E-state index contributed by atoms with van der Waals surface area (Å²) >= 11 is 1.95. The number of furan rings is 1. The van der Waals surface area contributed by atoms with Crippen molar-refractivity contribution < 1.29 is 9.21 Å². The van der Waals surface area contributed by atoms with E-state index in [1.54, 1.807) is 6.26 Å². The second kappa shape index (κ2) is 11.0. The SMILES string of the molecule is CCNC(=NCc1cccc(C(=O)NCc2ccco2)c1)NC1CCC(SC)C1. The molecule has 2 aromatic rings. The molecule has 156 valence electrons. The smallest absolute Gasteiger partial charge is 0.251 e. The Balaban J connectivity index is 1.57. The fourth-order valence-corrected chi connectivity index (χ4v) is 4.26. The average molecular weight is 415 g/mol. The third-order valence-electron chi connectivity index (χ3n) is 5.02. The maximum absolute atomic E-state index is 12.4. The first-order valence-corrected chi connectivity index (χ1v) is 11.4. The van der Waals surface area contributed by atoms with E-state index in [1.807, 2.05) is 48.2 Å². The van der Waals surface area contributed by atoms with Crippen LogP contribution in [-0.4, -0.2) is 36.0 Å². The molecule has 3 N–H and O–H groups in total. The van der Waals surface area contributed by atoms with Crippen LogP contribution in [0, 0.1) is 0 Å². The van der Waals surface area contributed by atoms with Gasteiger partial charge in [-0.3, -0.25) is 4.79 Å². The lowest BCUT2D eigenvalue weighted by molar-refractivity contribution is 0.0948. The van der Waals surface area contributed by atoms with Crippen LogP contribution in [0.15, 0.2) is 52.1 Å². The van der Waals surface area contributed by atoms with Gasteiger partial charge in [0.05, 0.1) is 19.4 Å². The van der Waals surface area contributed by atoms with Gasteiger partial charge >= 0.3 is 0 Å². The molecule has 0 spiro atoms. The standard InChI is InChI=1S/C22H30N4O2S/c1-3-23-22(26-18-9-10-20(13-18)29-2)25-14-16-6-4-7-17(12-16)21(27)24-15-19-8-5-11-28-19/h4-8,11-12,18,20H,3,9-10,13-15H2,1-2H3,(H,24,27)(H2,23,25,26). The van der Waals surface area contributed by atoms with Crippen LogP contribution >= 0.6 is 11.8 Å². The molecule has 3 rings (SSSR count). The van der Waals surface area contributed by atoms with Gasteiger partial charge in [0.2, 0.25) is 0 Å². The van der Waals surface area contributed by atoms with Gasteiger partial charge in [-0.2, -0.15) is 11.8 Å². The molecule has 1 amide bonds. The van der Waals surface area contributed by atoms with E-state index in [1.165, 1.54) is 19.3 Å². The molecule has 1 aliphatic carbocycles. The monoisotopic (exact) mass is 414 g/mol. The highest BCUT2D eigenvalue weighted by atomic mass is 32.2. The number of hydrogen-bond acceptors (Lipinski definition) is 4. The zero-order valence-corrected chi connectivity index (χ0v) is 17.9. The highest BCUT2D eigenvalue weighted by molar-refractivity contribution is 7.99. The van der Waals surface area contributed by atoms with Crippen molar-refractivity contribution in [2.45, 2.75) is 50.6 Å². The summed E-state index contributed by atoms with van der Waals surface area (Å²) in [6.07, 6.45) is 7.40. The lowest BCUT2D eigenvalue weighted by atomic mass is 10.1. The van der Waals surface area contributed by atoms with Crippen molar-refractivity contribution in [1.29, 1.82) is 0 Å². The van der Waals surface area contributed by atoms with Crippen LogP contribution in [-0.2, 0) is 13.1 Å². The Labute approximate surface area is 176 Å². The summed E-state index contributed by atoms with van der Waals surface area (Å²) in [7, 11) is 0. The Bertz CT molecular complexity index is 807. The molecule has 0 saturated heterocycles. The van der Waals surface area contributed by atoms with Gasteiger partial charge in [-0.05, 0) is 62.3 Å². The van der Waals surface area contributed by atoms with Gasteiger partial charge < -0.3 is 20.4 Å². The molecule has 1 aromatic carbocycles. The van der Waals surface area contributed by atoms with Crippen molar-refractivity contribution in [3.63, 3.8) is 0 Å². The number of carbonyl (C=O) groups is 1. The molecule has 1 fully saturated rings. The minimum atomic E-state index is -0.119. The van der Waals surface area contributed by atoms with E-state index in [0.29, 0.717) is 24.7 Å². The summed E-state index contributed by atoms with van der Waals surface area (Å²) in [6, 6.07) is 11.7. The van der Waals surface area contributed by atoms with Crippen molar-refractivity contribution in [2.75, 3.05) is 12.8 Å². The molecule has 29 heavy (non-hydrogen) atoms. The average Bonchev–Trinajstić information content (AvgIpc) is 3.42. The van der Waals surface area contributed by atoms with Crippen molar-refractivity contribution in [3.8, 4) is 0 Å². The zero-order valence-electron chi connectivity index (χ0n) is 17.1. The van der Waals surface area contributed by atoms with E-state index in [0.717, 1.165) is 29.1 Å². The summed E-state index contributed by atoms with van der Waals surface area (Å²) in [6.45, 7) is 3.79. The van der Waals surface area contributed by atoms with Gasteiger partial charge in [0.1, 0.15) is 5.76 Å². The number of guanidine groups is 1. The quantitative estimate of drug-likeness (QED) is 0.455. The van der Waals surface area contributed by atoms with Crippen LogP contribution in [0.1, 0.15) is 47.9 Å². The number of amides is 1. The van der Waals surface area contributed by atoms with Crippen molar-refractivity contribution in [2.24, 2.45) is 4.99 Å². The fraction of sp³-hybridized carbons (Fsp3) is 0.455. The van der Waals surface area contributed by atoms with E-state index >= 15 is 0 Å². The number of carbonyl (C=O) groups excluding carboxylic acids is 1. The Kier molecular flexibility index (Phi) is 8.04. The summed E-state index contributed by atoms with van der Waals surface area (Å²) < 4.78 is 5.25. The molecule has 1 saturated carbocycles. The second-order valence-electron chi connectivity index (χ2n) is 7.17. The number of nitrogens with one attached hydrogen (secondary N) is 3. The van der Waals surface area contributed by atoms with Crippen LogP contribution in [0.5, 0.6) is 0 Å². The Morgan fingerprint density at radius 2 is 2.14 bits per heavy atom. The van der Waals surface area contributed by atoms with E-state index in [9.17, 15) is 4.79 Å². The summed E-state index contributed by atoms with van der Waals surface area (Å²) in [4.78, 5) is 17.1. The lowest BCUT2D eigenvalue weighted by Crippen LogP contribution is -2.42. The van der Waals surface area contributed by atoms with Crippen molar-refractivity contribution in [1.82, 2.24) is 16.0 Å². The van der Waals surface area contributed by atoms with E-state index in [4.69, 9.17) is 9.41 Å². The minimum Gasteiger partial charge on any atom is -0.467 e. The normalized spacial score (nSPS) is 19.2. The van der Waals surface area contributed by atoms with Gasteiger partial charge in [-0.25, -0.2) is 4.99 Å².